The second-order valence-corrected chi connectivity index (χ2v) is 5.86. The Balaban J connectivity index is 1.68. The van der Waals surface area contributed by atoms with Gasteiger partial charge in [-0.1, -0.05) is 0 Å². The molecule has 1 aromatic rings. The molecule has 3 atom stereocenters. The lowest BCUT2D eigenvalue weighted by Gasteiger charge is -2.28. The topological polar surface area (TPSA) is 68.8 Å². The number of carbonyl (C=O) groups is 1. The lowest BCUT2D eigenvalue weighted by molar-refractivity contribution is 0.0153. The predicted octanol–water partition coefficient (Wildman–Crippen LogP) is 2.33. The van der Waals surface area contributed by atoms with Crippen LogP contribution in [0.3, 0.4) is 0 Å². The van der Waals surface area contributed by atoms with Crippen molar-refractivity contribution in [3.63, 3.8) is 0 Å². The van der Waals surface area contributed by atoms with Gasteiger partial charge in [0.1, 0.15) is 17.6 Å². The molecular weight excluding hydrogens is 296 g/mol. The summed E-state index contributed by atoms with van der Waals surface area (Å²) in [5, 5.41) is 5.83. The van der Waals surface area contributed by atoms with E-state index < -0.39 is 0 Å². The van der Waals surface area contributed by atoms with Gasteiger partial charge in [0.25, 0.3) is 0 Å². The zero-order chi connectivity index (χ0) is 16.7. The normalized spacial score (nSPS) is 22.0. The van der Waals surface area contributed by atoms with Gasteiger partial charge >= 0.3 is 6.03 Å². The number of ether oxygens (including phenoxy) is 3. The predicted molar refractivity (Wildman–Crippen MR) is 88.1 cm³/mol. The summed E-state index contributed by atoms with van der Waals surface area (Å²) in [4.78, 5) is 11.9. The number of hydrogen-bond acceptors (Lipinski definition) is 4. The first-order chi connectivity index (χ1) is 11.1. The van der Waals surface area contributed by atoms with Crippen molar-refractivity contribution >= 4 is 6.03 Å². The summed E-state index contributed by atoms with van der Waals surface area (Å²) in [5.41, 5.74) is 0. The van der Waals surface area contributed by atoms with Gasteiger partial charge in [0.05, 0.1) is 19.8 Å². The minimum atomic E-state index is -0.158. The number of amides is 2. The van der Waals surface area contributed by atoms with Crippen LogP contribution in [0.4, 0.5) is 4.79 Å². The number of rotatable bonds is 6. The minimum Gasteiger partial charge on any atom is -0.497 e. The van der Waals surface area contributed by atoms with Gasteiger partial charge in [0.2, 0.25) is 0 Å². The van der Waals surface area contributed by atoms with E-state index in [-0.39, 0.29) is 24.3 Å². The minimum absolute atomic E-state index is 0.122. The molecule has 2 amide bonds. The first-order valence-corrected chi connectivity index (χ1v) is 8.03. The fraction of sp³-hybridized carbons (Fsp3) is 0.588. The molecule has 1 fully saturated rings. The van der Waals surface area contributed by atoms with Crippen molar-refractivity contribution in [3.8, 4) is 11.5 Å². The highest BCUT2D eigenvalue weighted by Gasteiger charge is 2.20. The number of hydrogen-bond donors (Lipinski definition) is 2. The maximum absolute atomic E-state index is 11.9. The van der Waals surface area contributed by atoms with Crippen LogP contribution in [-0.4, -0.2) is 44.5 Å². The van der Waals surface area contributed by atoms with Gasteiger partial charge < -0.3 is 24.8 Å². The molecule has 0 aliphatic carbocycles. The monoisotopic (exact) mass is 322 g/mol. The van der Waals surface area contributed by atoms with Crippen LogP contribution < -0.4 is 20.1 Å². The van der Waals surface area contributed by atoms with Gasteiger partial charge in [-0.05, 0) is 51.0 Å². The average Bonchev–Trinajstić information content (AvgIpc) is 2.54. The van der Waals surface area contributed by atoms with E-state index in [9.17, 15) is 4.79 Å². The van der Waals surface area contributed by atoms with Crippen molar-refractivity contribution < 1.29 is 19.0 Å². The van der Waals surface area contributed by atoms with E-state index in [1.807, 2.05) is 38.1 Å². The standard InChI is InChI=1S/C17H26N2O4/c1-12-10-14(8-9-22-12)19-17(20)18-11-13(2)23-16-6-4-15(21-3)5-7-16/h4-7,12-14H,8-11H2,1-3H3,(H2,18,19,20)/t12-,13+,14-/m0/s1. The van der Waals surface area contributed by atoms with Crippen molar-refractivity contribution in [3.05, 3.63) is 24.3 Å². The second kappa shape index (κ2) is 8.62. The van der Waals surface area contributed by atoms with Crippen molar-refractivity contribution in [1.82, 2.24) is 10.6 Å². The lowest BCUT2D eigenvalue weighted by Crippen LogP contribution is -2.47. The van der Waals surface area contributed by atoms with Gasteiger partial charge in [-0.2, -0.15) is 0 Å². The third kappa shape index (κ3) is 5.98. The van der Waals surface area contributed by atoms with E-state index in [4.69, 9.17) is 14.2 Å². The first-order valence-electron chi connectivity index (χ1n) is 8.03. The first kappa shape index (κ1) is 17.4. The Morgan fingerprint density at radius 2 is 2.04 bits per heavy atom. The van der Waals surface area contributed by atoms with Crippen LogP contribution in [0.2, 0.25) is 0 Å². The van der Waals surface area contributed by atoms with E-state index >= 15 is 0 Å². The van der Waals surface area contributed by atoms with Crippen molar-refractivity contribution in [2.75, 3.05) is 20.3 Å². The van der Waals surface area contributed by atoms with Gasteiger partial charge in [0, 0.05) is 12.6 Å². The molecule has 1 heterocycles. The van der Waals surface area contributed by atoms with E-state index in [0.717, 1.165) is 24.3 Å². The van der Waals surface area contributed by atoms with Crippen molar-refractivity contribution in [1.29, 1.82) is 0 Å². The molecule has 0 bridgehead atoms. The van der Waals surface area contributed by atoms with Crippen LogP contribution in [0.25, 0.3) is 0 Å². The molecule has 6 nitrogen and oxygen atoms in total. The summed E-state index contributed by atoms with van der Waals surface area (Å²) in [6.45, 7) is 5.08. The molecule has 2 N–H and O–H groups in total. The molecule has 1 aliphatic heterocycles. The van der Waals surface area contributed by atoms with Crippen LogP contribution in [0.1, 0.15) is 26.7 Å². The Kier molecular flexibility index (Phi) is 6.52. The molecule has 6 heteroatoms. The number of benzene rings is 1. The summed E-state index contributed by atoms with van der Waals surface area (Å²) in [5.74, 6) is 1.53. The number of methoxy groups -OCH3 is 1. The molecule has 0 radical (unpaired) electrons. The third-order valence-corrected chi connectivity index (χ3v) is 3.77. The fourth-order valence-electron chi connectivity index (χ4n) is 2.53. The fourth-order valence-corrected chi connectivity index (χ4v) is 2.53. The molecule has 0 spiro atoms. The van der Waals surface area contributed by atoms with E-state index in [1.54, 1.807) is 7.11 Å². The Morgan fingerprint density at radius 1 is 1.35 bits per heavy atom. The quantitative estimate of drug-likeness (QED) is 0.843. The molecule has 0 unspecified atom stereocenters. The maximum atomic E-state index is 11.9. The smallest absolute Gasteiger partial charge is 0.315 e. The molecule has 23 heavy (non-hydrogen) atoms. The average molecular weight is 322 g/mol. The number of carbonyl (C=O) groups excluding carboxylic acids is 1. The van der Waals surface area contributed by atoms with Crippen LogP contribution in [0.5, 0.6) is 11.5 Å². The van der Waals surface area contributed by atoms with Gasteiger partial charge in [-0.15, -0.1) is 0 Å². The van der Waals surface area contributed by atoms with Crippen LogP contribution >= 0.6 is 0 Å². The molecule has 2 rings (SSSR count). The zero-order valence-electron chi connectivity index (χ0n) is 14.0. The summed E-state index contributed by atoms with van der Waals surface area (Å²) < 4.78 is 16.3. The SMILES string of the molecule is COc1ccc(O[C@H](C)CNC(=O)N[C@H]2CCO[C@@H](C)C2)cc1. The highest BCUT2D eigenvalue weighted by atomic mass is 16.5. The Hall–Kier alpha value is -1.95. The molecule has 0 saturated carbocycles. The largest absolute Gasteiger partial charge is 0.497 e. The highest BCUT2D eigenvalue weighted by molar-refractivity contribution is 5.74. The van der Waals surface area contributed by atoms with Crippen LogP contribution in [0, 0.1) is 0 Å². The van der Waals surface area contributed by atoms with Gasteiger partial charge in [-0.3, -0.25) is 0 Å². The zero-order valence-corrected chi connectivity index (χ0v) is 14.0. The lowest BCUT2D eigenvalue weighted by atomic mass is 10.0. The third-order valence-electron chi connectivity index (χ3n) is 3.77. The summed E-state index contributed by atoms with van der Waals surface area (Å²) in [7, 11) is 1.63. The number of urea groups is 1. The van der Waals surface area contributed by atoms with E-state index in [1.165, 1.54) is 0 Å². The Labute approximate surface area is 137 Å². The molecule has 1 aromatic carbocycles. The summed E-state index contributed by atoms with van der Waals surface area (Å²) in [6.07, 6.45) is 1.79. The van der Waals surface area contributed by atoms with Crippen LogP contribution in [-0.2, 0) is 4.74 Å². The summed E-state index contributed by atoms with van der Waals surface area (Å²) in [6, 6.07) is 7.39. The Morgan fingerprint density at radius 3 is 2.70 bits per heavy atom. The van der Waals surface area contributed by atoms with Crippen LogP contribution in [0.15, 0.2) is 24.3 Å². The maximum Gasteiger partial charge on any atom is 0.315 e. The van der Waals surface area contributed by atoms with Gasteiger partial charge in [-0.25, -0.2) is 4.79 Å². The van der Waals surface area contributed by atoms with E-state index in [0.29, 0.717) is 13.2 Å². The molecule has 0 aromatic heterocycles. The second-order valence-electron chi connectivity index (χ2n) is 5.86. The highest BCUT2D eigenvalue weighted by Crippen LogP contribution is 2.18. The number of nitrogens with one attached hydrogen (secondary N) is 2. The molecule has 1 saturated heterocycles. The van der Waals surface area contributed by atoms with Gasteiger partial charge in [0.15, 0.2) is 0 Å². The Bertz CT molecular complexity index is 492. The summed E-state index contributed by atoms with van der Waals surface area (Å²) >= 11 is 0. The molecular formula is C17H26N2O4. The van der Waals surface area contributed by atoms with E-state index in [2.05, 4.69) is 10.6 Å². The molecule has 128 valence electrons. The van der Waals surface area contributed by atoms with Crippen molar-refractivity contribution in [2.24, 2.45) is 0 Å². The molecule has 1 aliphatic rings. The van der Waals surface area contributed by atoms with Crippen molar-refractivity contribution in [2.45, 2.75) is 44.9 Å².